The Morgan fingerprint density at radius 3 is 2.57 bits per heavy atom. The third kappa shape index (κ3) is 5.79. The summed E-state index contributed by atoms with van der Waals surface area (Å²) in [5, 5.41) is 9.10. The number of nitrogens with zero attached hydrogens (tertiary/aromatic N) is 6. The number of ketones is 1. The van der Waals surface area contributed by atoms with E-state index in [-0.39, 0.29) is 5.78 Å². The maximum absolute atomic E-state index is 12.0. The molecule has 1 aliphatic rings. The Balaban J connectivity index is 1.50. The normalized spacial score (nSPS) is 13.9. The fourth-order valence-electron chi connectivity index (χ4n) is 4.35. The average Bonchev–Trinajstić information content (AvgIpc) is 3.34. The molecule has 0 radical (unpaired) electrons. The first-order valence-electron chi connectivity index (χ1n) is 12.7. The number of ether oxygens (including phenoxy) is 1. The Bertz CT molecular complexity index is 1380. The van der Waals surface area contributed by atoms with Crippen LogP contribution in [0.4, 0.5) is 17.5 Å². The zero-order valence-electron chi connectivity index (χ0n) is 21.6. The largest absolute Gasteiger partial charge is 0.378 e. The van der Waals surface area contributed by atoms with Gasteiger partial charge in [-0.05, 0) is 44.4 Å². The summed E-state index contributed by atoms with van der Waals surface area (Å²) in [4.78, 5) is 26.1. The van der Waals surface area contributed by atoms with Gasteiger partial charge < -0.3 is 19.9 Å². The van der Waals surface area contributed by atoms with E-state index >= 15 is 0 Å². The number of nitrogens with one attached hydrogen (secondary N) is 1. The van der Waals surface area contributed by atoms with E-state index in [0.717, 1.165) is 54.0 Å². The van der Waals surface area contributed by atoms with Crippen molar-refractivity contribution >= 4 is 34.1 Å². The lowest BCUT2D eigenvalue weighted by atomic mass is 10.1. The number of fused-ring (bicyclic) bond motifs is 1. The molecule has 5 rings (SSSR count). The SMILES string of the molecule is CCC(=O)c1ccc(Nc2cc(-c3ccc4cnn(CCN(C)C)c4c3)nc(N3CCOCC3)n2)cc1. The molecule has 4 aromatic rings. The molecule has 9 nitrogen and oxygen atoms in total. The second-order valence-electron chi connectivity index (χ2n) is 9.46. The fraction of sp³-hybridized carbons (Fsp3) is 0.357. The lowest BCUT2D eigenvalue weighted by molar-refractivity contribution is 0.0988. The summed E-state index contributed by atoms with van der Waals surface area (Å²) in [6.45, 7) is 6.38. The molecule has 0 bridgehead atoms. The first kappa shape index (κ1) is 24.9. The quantitative estimate of drug-likeness (QED) is 0.343. The van der Waals surface area contributed by atoms with Gasteiger partial charge in [0.1, 0.15) is 5.82 Å². The van der Waals surface area contributed by atoms with E-state index < -0.39 is 0 Å². The van der Waals surface area contributed by atoms with Crippen molar-refractivity contribution < 1.29 is 9.53 Å². The standard InChI is InChI=1S/C28H33N7O2/c1-4-26(36)20-7-9-23(10-8-20)30-27-18-24(31-28(32-27)34-13-15-37-16-14-34)21-5-6-22-19-29-35(25(22)17-21)12-11-33(2)3/h5-10,17-19H,4,11-16H2,1-3H3,(H,30,31,32). The molecule has 1 fully saturated rings. The van der Waals surface area contributed by atoms with Crippen LogP contribution in [0.15, 0.2) is 54.7 Å². The van der Waals surface area contributed by atoms with Crippen LogP contribution in [0.1, 0.15) is 23.7 Å². The average molecular weight is 500 g/mol. The van der Waals surface area contributed by atoms with Gasteiger partial charge in [0.2, 0.25) is 5.95 Å². The van der Waals surface area contributed by atoms with Gasteiger partial charge in [0.05, 0.1) is 37.2 Å². The maximum Gasteiger partial charge on any atom is 0.228 e. The summed E-state index contributed by atoms with van der Waals surface area (Å²) in [6, 6.07) is 15.8. The number of carbonyl (C=O) groups excluding carboxylic acids is 1. The van der Waals surface area contributed by atoms with Crippen molar-refractivity contribution in [3.8, 4) is 11.3 Å². The van der Waals surface area contributed by atoms with E-state index in [9.17, 15) is 4.79 Å². The first-order chi connectivity index (χ1) is 18.0. The fourth-order valence-corrected chi connectivity index (χ4v) is 4.35. The molecule has 0 amide bonds. The molecule has 0 aliphatic carbocycles. The van der Waals surface area contributed by atoms with Gasteiger partial charge >= 0.3 is 0 Å². The number of likely N-dealkylation sites (N-methyl/N-ethyl adjacent to an activating group) is 1. The van der Waals surface area contributed by atoms with Crippen LogP contribution in [0.25, 0.3) is 22.2 Å². The smallest absolute Gasteiger partial charge is 0.228 e. The van der Waals surface area contributed by atoms with Crippen LogP contribution in [0.2, 0.25) is 0 Å². The summed E-state index contributed by atoms with van der Waals surface area (Å²) in [6.07, 6.45) is 2.40. The Kier molecular flexibility index (Phi) is 7.43. The lowest BCUT2D eigenvalue weighted by Crippen LogP contribution is -2.37. The summed E-state index contributed by atoms with van der Waals surface area (Å²) in [5.74, 6) is 1.50. The first-order valence-corrected chi connectivity index (χ1v) is 12.7. The van der Waals surface area contributed by atoms with Gasteiger partial charge in [-0.3, -0.25) is 9.48 Å². The lowest BCUT2D eigenvalue weighted by Gasteiger charge is -2.27. The predicted molar refractivity (Wildman–Crippen MR) is 147 cm³/mol. The topological polar surface area (TPSA) is 88.4 Å². The maximum atomic E-state index is 12.0. The highest BCUT2D eigenvalue weighted by molar-refractivity contribution is 5.96. The number of rotatable bonds is 9. The van der Waals surface area contributed by atoms with Crippen molar-refractivity contribution in [1.29, 1.82) is 0 Å². The number of anilines is 3. The Morgan fingerprint density at radius 2 is 1.84 bits per heavy atom. The molecule has 1 N–H and O–H groups in total. The molecule has 0 unspecified atom stereocenters. The predicted octanol–water partition coefficient (Wildman–Crippen LogP) is 4.23. The molecule has 0 spiro atoms. The summed E-state index contributed by atoms with van der Waals surface area (Å²) >= 11 is 0. The van der Waals surface area contributed by atoms with Crippen LogP contribution < -0.4 is 10.2 Å². The highest BCUT2D eigenvalue weighted by Crippen LogP contribution is 2.28. The highest BCUT2D eigenvalue weighted by atomic mass is 16.5. The zero-order chi connectivity index (χ0) is 25.8. The van der Waals surface area contributed by atoms with Crippen molar-refractivity contribution in [2.24, 2.45) is 0 Å². The van der Waals surface area contributed by atoms with Gasteiger partial charge in [-0.25, -0.2) is 4.98 Å². The minimum absolute atomic E-state index is 0.130. The molecular formula is C28H33N7O2. The van der Waals surface area contributed by atoms with E-state index in [1.165, 1.54) is 0 Å². The molecule has 2 aromatic carbocycles. The van der Waals surface area contributed by atoms with E-state index in [1.807, 2.05) is 48.1 Å². The van der Waals surface area contributed by atoms with Crippen LogP contribution in [-0.4, -0.2) is 77.4 Å². The Labute approximate surface area is 217 Å². The Morgan fingerprint density at radius 1 is 1.05 bits per heavy atom. The summed E-state index contributed by atoms with van der Waals surface area (Å²) in [5.41, 5.74) is 4.49. The summed E-state index contributed by atoms with van der Waals surface area (Å²) < 4.78 is 7.58. The van der Waals surface area contributed by atoms with Crippen molar-refractivity contribution in [2.45, 2.75) is 19.9 Å². The van der Waals surface area contributed by atoms with E-state index in [0.29, 0.717) is 37.0 Å². The third-order valence-corrected chi connectivity index (χ3v) is 6.51. The highest BCUT2D eigenvalue weighted by Gasteiger charge is 2.17. The number of carbonyl (C=O) groups is 1. The molecule has 1 saturated heterocycles. The van der Waals surface area contributed by atoms with Gasteiger partial charge in [-0.15, -0.1) is 0 Å². The molecule has 0 saturated carbocycles. The van der Waals surface area contributed by atoms with Crippen LogP contribution >= 0.6 is 0 Å². The van der Waals surface area contributed by atoms with Gasteiger partial charge in [0.25, 0.3) is 0 Å². The minimum atomic E-state index is 0.130. The van der Waals surface area contributed by atoms with Crippen molar-refractivity contribution in [3.63, 3.8) is 0 Å². The van der Waals surface area contributed by atoms with E-state index in [4.69, 9.17) is 14.7 Å². The molecule has 3 heterocycles. The number of Topliss-reactive ketones (excluding diaryl/α,β-unsaturated/α-hetero) is 1. The molecule has 2 aromatic heterocycles. The number of benzene rings is 2. The van der Waals surface area contributed by atoms with Crippen LogP contribution in [0, 0.1) is 0 Å². The van der Waals surface area contributed by atoms with Crippen molar-refractivity contribution in [2.75, 3.05) is 57.2 Å². The number of hydrogen-bond acceptors (Lipinski definition) is 8. The molecule has 192 valence electrons. The third-order valence-electron chi connectivity index (χ3n) is 6.51. The number of hydrogen-bond donors (Lipinski definition) is 1. The van der Waals surface area contributed by atoms with Crippen LogP contribution in [0.5, 0.6) is 0 Å². The van der Waals surface area contributed by atoms with Gasteiger partial charge in [0.15, 0.2) is 5.78 Å². The molecular weight excluding hydrogens is 466 g/mol. The van der Waals surface area contributed by atoms with Gasteiger partial charge in [-0.2, -0.15) is 10.1 Å². The second kappa shape index (κ2) is 11.1. The van der Waals surface area contributed by atoms with Crippen LogP contribution in [-0.2, 0) is 11.3 Å². The molecule has 0 atom stereocenters. The number of morpholine rings is 1. The van der Waals surface area contributed by atoms with E-state index in [2.05, 4.69) is 52.5 Å². The molecule has 9 heteroatoms. The van der Waals surface area contributed by atoms with Crippen LogP contribution in [0.3, 0.4) is 0 Å². The molecule has 1 aliphatic heterocycles. The molecule has 37 heavy (non-hydrogen) atoms. The van der Waals surface area contributed by atoms with Crippen molar-refractivity contribution in [1.82, 2.24) is 24.6 Å². The second-order valence-corrected chi connectivity index (χ2v) is 9.46. The van der Waals surface area contributed by atoms with Gasteiger partial charge in [0, 0.05) is 54.3 Å². The van der Waals surface area contributed by atoms with Crippen molar-refractivity contribution in [3.05, 3.63) is 60.3 Å². The zero-order valence-corrected chi connectivity index (χ0v) is 21.6. The monoisotopic (exact) mass is 499 g/mol. The number of aromatic nitrogens is 4. The van der Waals surface area contributed by atoms with E-state index in [1.54, 1.807) is 0 Å². The van der Waals surface area contributed by atoms with Gasteiger partial charge in [-0.1, -0.05) is 19.1 Å². The minimum Gasteiger partial charge on any atom is -0.378 e. The Hall–Kier alpha value is -3.82. The summed E-state index contributed by atoms with van der Waals surface area (Å²) in [7, 11) is 4.13.